The van der Waals surface area contributed by atoms with E-state index in [1.54, 1.807) is 25.2 Å². The third kappa shape index (κ3) is 4.28. The van der Waals surface area contributed by atoms with Crippen molar-refractivity contribution in [3.05, 3.63) is 71.3 Å². The number of carbonyl (C=O) groups is 2. The van der Waals surface area contributed by atoms with Gasteiger partial charge in [-0.05, 0) is 30.2 Å². The van der Waals surface area contributed by atoms with Crippen LogP contribution in [0.5, 0.6) is 0 Å². The Balaban J connectivity index is 1.35. The van der Waals surface area contributed by atoms with E-state index < -0.39 is 0 Å². The molecule has 8 heteroatoms. The van der Waals surface area contributed by atoms with Crippen molar-refractivity contribution in [2.24, 2.45) is 7.05 Å². The molecule has 1 aliphatic rings. The Labute approximate surface area is 175 Å². The number of aryl methyl sites for hydroxylation is 2. The first-order valence-corrected chi connectivity index (χ1v) is 9.96. The number of amides is 2. The molecular weight excluding hydrogens is 382 g/mol. The maximum Gasteiger partial charge on any atom is 0.292 e. The third-order valence-electron chi connectivity index (χ3n) is 5.40. The second-order valence-corrected chi connectivity index (χ2v) is 7.46. The van der Waals surface area contributed by atoms with Crippen LogP contribution < -0.4 is 5.32 Å². The fourth-order valence-electron chi connectivity index (χ4n) is 3.57. The van der Waals surface area contributed by atoms with Crippen molar-refractivity contribution in [3.8, 4) is 0 Å². The van der Waals surface area contributed by atoms with E-state index in [0.717, 1.165) is 19.6 Å². The summed E-state index contributed by atoms with van der Waals surface area (Å²) in [7, 11) is 1.69. The molecular formula is C22H25N5O3. The number of anilines is 1. The van der Waals surface area contributed by atoms with Gasteiger partial charge in [-0.25, -0.2) is 0 Å². The zero-order valence-electron chi connectivity index (χ0n) is 17.2. The van der Waals surface area contributed by atoms with Crippen molar-refractivity contribution < 1.29 is 14.0 Å². The van der Waals surface area contributed by atoms with E-state index in [1.807, 2.05) is 11.0 Å². The van der Waals surface area contributed by atoms with Gasteiger partial charge in [-0.1, -0.05) is 24.3 Å². The van der Waals surface area contributed by atoms with Gasteiger partial charge >= 0.3 is 0 Å². The minimum atomic E-state index is -0.383. The van der Waals surface area contributed by atoms with Gasteiger partial charge in [0.2, 0.25) is 0 Å². The molecule has 3 heterocycles. The van der Waals surface area contributed by atoms with Crippen LogP contribution in [0.15, 0.2) is 53.1 Å². The normalized spacial score (nSPS) is 14.7. The lowest BCUT2D eigenvalue weighted by atomic mass is 10.1. The number of piperazine rings is 1. The largest absolute Gasteiger partial charge is 0.459 e. The van der Waals surface area contributed by atoms with Gasteiger partial charge < -0.3 is 14.6 Å². The highest BCUT2D eigenvalue weighted by atomic mass is 16.3. The Kier molecular flexibility index (Phi) is 5.67. The molecule has 4 rings (SSSR count). The van der Waals surface area contributed by atoms with Crippen LogP contribution in [0, 0.1) is 6.92 Å². The van der Waals surface area contributed by atoms with Crippen LogP contribution in [0.4, 0.5) is 5.82 Å². The summed E-state index contributed by atoms with van der Waals surface area (Å²) < 4.78 is 6.58. The fraction of sp³-hybridized carbons (Fsp3) is 0.318. The summed E-state index contributed by atoms with van der Waals surface area (Å²) in [5, 5.41) is 7.00. The van der Waals surface area contributed by atoms with Crippen molar-refractivity contribution >= 4 is 17.6 Å². The van der Waals surface area contributed by atoms with Crippen molar-refractivity contribution in [2.45, 2.75) is 13.5 Å². The summed E-state index contributed by atoms with van der Waals surface area (Å²) in [6, 6.07) is 13.2. The monoisotopic (exact) mass is 407 g/mol. The van der Waals surface area contributed by atoms with Crippen LogP contribution in [0.25, 0.3) is 0 Å². The van der Waals surface area contributed by atoms with Gasteiger partial charge in [-0.15, -0.1) is 0 Å². The maximum atomic E-state index is 12.9. The molecule has 0 saturated carbocycles. The summed E-state index contributed by atoms with van der Waals surface area (Å²) in [5.41, 5.74) is 2.92. The number of carbonyl (C=O) groups excluding carboxylic acids is 2. The molecule has 0 unspecified atom stereocenters. The lowest BCUT2D eigenvalue weighted by molar-refractivity contribution is 0.0621. The highest BCUT2D eigenvalue weighted by Gasteiger charge is 2.25. The topological polar surface area (TPSA) is 83.6 Å². The first kappa shape index (κ1) is 19.9. The summed E-state index contributed by atoms with van der Waals surface area (Å²) in [5.74, 6) is 0.137. The molecule has 1 N–H and O–H groups in total. The first-order valence-electron chi connectivity index (χ1n) is 9.96. The molecule has 8 nitrogen and oxygen atoms in total. The highest BCUT2D eigenvalue weighted by molar-refractivity contribution is 6.02. The van der Waals surface area contributed by atoms with Crippen molar-refractivity contribution in [2.75, 3.05) is 31.5 Å². The van der Waals surface area contributed by atoms with Gasteiger partial charge in [-0.3, -0.25) is 19.2 Å². The van der Waals surface area contributed by atoms with Gasteiger partial charge in [0, 0.05) is 45.8 Å². The van der Waals surface area contributed by atoms with E-state index in [9.17, 15) is 9.59 Å². The van der Waals surface area contributed by atoms with Crippen LogP contribution in [0.2, 0.25) is 0 Å². The summed E-state index contributed by atoms with van der Waals surface area (Å²) in [4.78, 5) is 29.2. The average molecular weight is 407 g/mol. The molecule has 1 fully saturated rings. The minimum absolute atomic E-state index is 0.125. The Hall–Kier alpha value is -3.39. The Morgan fingerprint density at radius 3 is 2.57 bits per heavy atom. The number of hydrogen-bond acceptors (Lipinski definition) is 5. The molecule has 2 aromatic heterocycles. The number of aromatic nitrogens is 2. The lowest BCUT2D eigenvalue weighted by Crippen LogP contribution is -2.48. The van der Waals surface area contributed by atoms with Crippen LogP contribution >= 0.6 is 0 Å². The number of rotatable bonds is 5. The number of furan rings is 1. The zero-order valence-corrected chi connectivity index (χ0v) is 17.2. The fourth-order valence-corrected chi connectivity index (χ4v) is 3.57. The number of nitrogens with zero attached hydrogens (tertiary/aromatic N) is 4. The van der Waals surface area contributed by atoms with Crippen LogP contribution in [-0.2, 0) is 13.6 Å². The molecule has 1 aromatic carbocycles. The van der Waals surface area contributed by atoms with E-state index in [-0.39, 0.29) is 17.6 Å². The first-order chi connectivity index (χ1) is 14.5. The van der Waals surface area contributed by atoms with Gasteiger partial charge in [0.1, 0.15) is 5.82 Å². The Morgan fingerprint density at radius 1 is 1.10 bits per heavy atom. The van der Waals surface area contributed by atoms with Crippen molar-refractivity contribution in [3.63, 3.8) is 0 Å². The van der Waals surface area contributed by atoms with Crippen LogP contribution in [-0.4, -0.2) is 57.6 Å². The molecule has 0 radical (unpaired) electrons. The highest BCUT2D eigenvalue weighted by Crippen LogP contribution is 2.16. The quantitative estimate of drug-likeness (QED) is 0.703. The molecule has 2 amide bonds. The molecule has 0 aliphatic carbocycles. The molecule has 1 aliphatic heterocycles. The predicted molar refractivity (Wildman–Crippen MR) is 112 cm³/mol. The van der Waals surface area contributed by atoms with E-state index in [0.29, 0.717) is 24.6 Å². The van der Waals surface area contributed by atoms with Crippen LogP contribution in [0.1, 0.15) is 32.2 Å². The maximum absolute atomic E-state index is 12.9. The van der Waals surface area contributed by atoms with E-state index in [4.69, 9.17) is 4.42 Å². The molecule has 156 valence electrons. The second-order valence-electron chi connectivity index (χ2n) is 7.46. The Morgan fingerprint density at radius 2 is 1.87 bits per heavy atom. The second kappa shape index (κ2) is 8.54. The molecule has 3 aromatic rings. The van der Waals surface area contributed by atoms with E-state index >= 15 is 0 Å². The predicted octanol–water partition coefficient (Wildman–Crippen LogP) is 2.53. The SMILES string of the molecule is Cc1ccccc1CN1CCN(C(=O)c2cc(NC(=O)c3ccco3)n(C)n2)CC1. The smallest absolute Gasteiger partial charge is 0.292 e. The summed E-state index contributed by atoms with van der Waals surface area (Å²) in [6.45, 7) is 5.94. The number of nitrogens with one attached hydrogen (secondary N) is 1. The Bertz CT molecular complexity index is 1030. The summed E-state index contributed by atoms with van der Waals surface area (Å²) in [6.07, 6.45) is 1.44. The number of hydrogen-bond donors (Lipinski definition) is 1. The van der Waals surface area contributed by atoms with Gasteiger partial charge in [0.05, 0.1) is 6.26 Å². The molecule has 30 heavy (non-hydrogen) atoms. The molecule has 1 saturated heterocycles. The van der Waals surface area contributed by atoms with Crippen LogP contribution in [0.3, 0.4) is 0 Å². The van der Waals surface area contributed by atoms with Gasteiger partial charge in [0.25, 0.3) is 11.8 Å². The summed E-state index contributed by atoms with van der Waals surface area (Å²) >= 11 is 0. The van der Waals surface area contributed by atoms with E-state index in [2.05, 4.69) is 40.4 Å². The van der Waals surface area contributed by atoms with E-state index in [1.165, 1.54) is 22.1 Å². The zero-order chi connectivity index (χ0) is 21.1. The standard InChI is InChI=1S/C22H25N5O3/c1-16-6-3-4-7-17(16)15-26-9-11-27(12-10-26)22(29)18-14-20(25(2)24-18)23-21(28)19-8-5-13-30-19/h3-8,13-14H,9-12,15H2,1-2H3,(H,23,28). The third-order valence-corrected chi connectivity index (χ3v) is 5.40. The minimum Gasteiger partial charge on any atom is -0.459 e. The van der Waals surface area contributed by atoms with Crippen molar-refractivity contribution in [1.82, 2.24) is 19.6 Å². The van der Waals surface area contributed by atoms with Gasteiger partial charge in [-0.2, -0.15) is 5.10 Å². The lowest BCUT2D eigenvalue weighted by Gasteiger charge is -2.34. The van der Waals surface area contributed by atoms with Crippen molar-refractivity contribution in [1.29, 1.82) is 0 Å². The molecule has 0 spiro atoms. The number of benzene rings is 1. The molecule has 0 bridgehead atoms. The average Bonchev–Trinajstić information content (AvgIpc) is 3.40. The molecule has 0 atom stereocenters. The van der Waals surface area contributed by atoms with Gasteiger partial charge in [0.15, 0.2) is 11.5 Å².